The van der Waals surface area contributed by atoms with Crippen molar-refractivity contribution in [1.82, 2.24) is 0 Å². The Hall–Kier alpha value is -0.550. The number of rotatable bonds is 2. The average Bonchev–Trinajstić information content (AvgIpc) is 2.13. The van der Waals surface area contributed by atoms with Crippen LogP contribution >= 0.6 is 0 Å². The van der Waals surface area contributed by atoms with E-state index in [1.165, 1.54) is 38.8 Å². The van der Waals surface area contributed by atoms with Gasteiger partial charge in [-0.25, -0.2) is 0 Å². The van der Waals surface area contributed by atoms with Crippen molar-refractivity contribution in [2.45, 2.75) is 45.6 Å². The number of piperidine rings is 1. The van der Waals surface area contributed by atoms with Crippen LogP contribution in [-0.4, -0.2) is 19.1 Å². The van der Waals surface area contributed by atoms with Crippen molar-refractivity contribution in [2.75, 3.05) is 13.1 Å². The Kier molecular flexibility index (Phi) is 6.79. The van der Waals surface area contributed by atoms with Crippen LogP contribution < -0.4 is 4.90 Å². The Bertz CT molecular complexity index is 118. The molecule has 1 aliphatic heterocycles. The van der Waals surface area contributed by atoms with Gasteiger partial charge in [-0.15, -0.1) is 0 Å². The van der Waals surface area contributed by atoms with Crippen LogP contribution in [0.2, 0.25) is 0 Å². The summed E-state index contributed by atoms with van der Waals surface area (Å²) < 4.78 is 0. The highest BCUT2D eigenvalue weighted by atomic mass is 15.1. The second-order valence-corrected chi connectivity index (χ2v) is 3.56. The Balaban J connectivity index is 0.000000561. The predicted octanol–water partition coefficient (Wildman–Crippen LogP) is 0.950. The van der Waals surface area contributed by atoms with Crippen LogP contribution in [-0.2, 0) is 0 Å². The second kappa shape index (κ2) is 7.12. The van der Waals surface area contributed by atoms with Crippen LogP contribution in [0.5, 0.6) is 0 Å². The van der Waals surface area contributed by atoms with E-state index < -0.39 is 0 Å². The lowest BCUT2D eigenvalue weighted by Gasteiger charge is -2.29. The largest absolute Gasteiger partial charge is 0.512 e. The molecule has 0 aromatic rings. The molecule has 2 atom stereocenters. The van der Waals surface area contributed by atoms with Crippen LogP contribution in [0, 0.1) is 11.8 Å². The molecule has 12 heavy (non-hydrogen) atoms. The number of hydrogen-bond acceptors (Lipinski definition) is 1. The number of nitrogens with one attached hydrogen (secondary N) is 1. The number of quaternary nitrogens is 1. The van der Waals surface area contributed by atoms with Gasteiger partial charge in [-0.2, -0.15) is 0 Å². The van der Waals surface area contributed by atoms with E-state index in [0.717, 1.165) is 6.04 Å². The molecule has 0 radical (unpaired) electrons. The van der Waals surface area contributed by atoms with Gasteiger partial charge >= 0.3 is 0 Å². The van der Waals surface area contributed by atoms with Crippen molar-refractivity contribution < 1.29 is 4.90 Å². The molecule has 1 saturated heterocycles. The number of hydrogen-bond donors (Lipinski definition) is 1. The molecule has 0 aromatic heterocycles. The van der Waals surface area contributed by atoms with E-state index in [9.17, 15) is 0 Å². The topological polar surface area (TPSA) is 28.2 Å². The molecule has 70 valence electrons. The maximum absolute atomic E-state index is 6.25. The van der Waals surface area contributed by atoms with Gasteiger partial charge in [-0.3, -0.25) is 0 Å². The van der Waals surface area contributed by atoms with Crippen LogP contribution in [0.25, 0.3) is 0 Å². The van der Waals surface area contributed by atoms with E-state index in [0.29, 0.717) is 0 Å². The van der Waals surface area contributed by atoms with E-state index in [1.54, 1.807) is 0 Å². The monoisotopic (exact) mass is 168 g/mol. The molecule has 0 spiro atoms. The second-order valence-electron chi connectivity index (χ2n) is 3.56. The van der Waals surface area contributed by atoms with Gasteiger partial charge in [0.1, 0.15) is 0 Å². The summed E-state index contributed by atoms with van der Waals surface area (Å²) in [5.74, 6) is 0. The van der Waals surface area contributed by atoms with E-state index >= 15 is 0 Å². The van der Waals surface area contributed by atoms with Crippen LogP contribution in [0.3, 0.4) is 0 Å². The van der Waals surface area contributed by atoms with E-state index in [1.807, 2.05) is 4.90 Å². The summed E-state index contributed by atoms with van der Waals surface area (Å²) in [6, 6.07) is 0.939. The average molecular weight is 168 g/mol. The maximum Gasteiger partial charge on any atom is 0.0846 e. The molecule has 0 aromatic carbocycles. The van der Waals surface area contributed by atoms with Gasteiger partial charge in [0.05, 0.1) is 19.1 Å². The van der Waals surface area contributed by atoms with Gasteiger partial charge in [-0.1, -0.05) is 6.92 Å². The lowest BCUT2D eigenvalue weighted by atomic mass is 10.0. The highest BCUT2D eigenvalue weighted by Gasteiger charge is 2.19. The van der Waals surface area contributed by atoms with Crippen LogP contribution in [0.15, 0.2) is 0 Å². The minimum Gasteiger partial charge on any atom is -0.512 e. The molecule has 1 heterocycles. The summed E-state index contributed by atoms with van der Waals surface area (Å²) in [6.45, 7) is 12.2. The molecule has 2 unspecified atom stereocenters. The van der Waals surface area contributed by atoms with Crippen molar-refractivity contribution in [3.05, 3.63) is 6.57 Å². The first-order chi connectivity index (χ1) is 5.84. The first kappa shape index (κ1) is 11.4. The van der Waals surface area contributed by atoms with Crippen molar-refractivity contribution in [2.24, 2.45) is 0 Å². The summed E-state index contributed by atoms with van der Waals surface area (Å²) in [4.78, 5) is 1.84. The minimum atomic E-state index is 0.939. The Morgan fingerprint density at radius 3 is 2.58 bits per heavy atom. The SMILES string of the molecule is CCC[NH+]1CCCCC1C.[C-]#N. The standard InChI is InChI=1S/C9H19N.CN/c1-3-7-10-8-5-4-6-9(10)2;1-2/h9H,3-8H2,1-2H3;/q;-1/p+1. The summed E-state index contributed by atoms with van der Waals surface area (Å²) >= 11 is 0. The van der Waals surface area contributed by atoms with Gasteiger partial charge in [-0.05, 0) is 32.6 Å². The molecule has 0 aliphatic carbocycles. The fourth-order valence-electron chi connectivity index (χ4n) is 1.95. The highest BCUT2D eigenvalue weighted by Crippen LogP contribution is 2.01. The molecule has 0 saturated carbocycles. The summed E-state index contributed by atoms with van der Waals surface area (Å²) in [5.41, 5.74) is 0. The number of likely N-dealkylation sites (tertiary alicyclic amines) is 1. The maximum atomic E-state index is 6.25. The summed E-state index contributed by atoms with van der Waals surface area (Å²) in [5, 5.41) is 6.25. The normalized spacial score (nSPS) is 28.7. The Morgan fingerprint density at radius 1 is 1.42 bits per heavy atom. The van der Waals surface area contributed by atoms with Crippen molar-refractivity contribution in [3.63, 3.8) is 0 Å². The zero-order valence-electron chi connectivity index (χ0n) is 8.27. The first-order valence-electron chi connectivity index (χ1n) is 4.91. The first-order valence-corrected chi connectivity index (χ1v) is 4.91. The van der Waals surface area contributed by atoms with Crippen molar-refractivity contribution in [1.29, 1.82) is 5.26 Å². The number of nitrogens with zero attached hydrogens (tertiary/aromatic N) is 1. The van der Waals surface area contributed by atoms with Crippen molar-refractivity contribution >= 4 is 0 Å². The molecule has 1 aliphatic rings. The smallest absolute Gasteiger partial charge is 0.0846 e. The minimum absolute atomic E-state index is 0.939. The zero-order valence-corrected chi connectivity index (χ0v) is 8.27. The zero-order chi connectivity index (χ0) is 9.40. The third-order valence-electron chi connectivity index (χ3n) is 2.65. The van der Waals surface area contributed by atoms with Gasteiger partial charge in [0.2, 0.25) is 0 Å². The van der Waals surface area contributed by atoms with Gasteiger partial charge in [0.25, 0.3) is 0 Å². The lowest BCUT2D eigenvalue weighted by molar-refractivity contribution is -0.928. The molecule has 1 fully saturated rings. The molecule has 1 rings (SSSR count). The van der Waals surface area contributed by atoms with Crippen LogP contribution in [0.1, 0.15) is 39.5 Å². The molecular weight excluding hydrogens is 148 g/mol. The predicted molar refractivity (Wildman–Crippen MR) is 49.3 cm³/mol. The highest BCUT2D eigenvalue weighted by molar-refractivity contribution is 4.54. The molecule has 1 N–H and O–H groups in total. The van der Waals surface area contributed by atoms with Gasteiger partial charge in [0.15, 0.2) is 0 Å². The van der Waals surface area contributed by atoms with Crippen LogP contribution in [0.4, 0.5) is 0 Å². The fourth-order valence-corrected chi connectivity index (χ4v) is 1.95. The van der Waals surface area contributed by atoms with E-state index in [-0.39, 0.29) is 0 Å². The molecule has 2 heteroatoms. The lowest BCUT2D eigenvalue weighted by Crippen LogP contribution is -3.16. The summed E-state index contributed by atoms with van der Waals surface area (Å²) in [7, 11) is 0. The molecular formula is C10H20N2. The third-order valence-corrected chi connectivity index (χ3v) is 2.65. The molecule has 2 nitrogen and oxygen atoms in total. The molecule has 0 bridgehead atoms. The van der Waals surface area contributed by atoms with Gasteiger partial charge < -0.3 is 16.7 Å². The van der Waals surface area contributed by atoms with E-state index in [2.05, 4.69) is 13.8 Å². The van der Waals surface area contributed by atoms with E-state index in [4.69, 9.17) is 11.8 Å². The third kappa shape index (κ3) is 3.73. The summed E-state index contributed by atoms with van der Waals surface area (Å²) in [6.07, 6.45) is 5.73. The van der Waals surface area contributed by atoms with Gasteiger partial charge in [0, 0.05) is 0 Å². The molecule has 0 amide bonds. The fraction of sp³-hybridized carbons (Fsp3) is 0.900. The Morgan fingerprint density at radius 2 is 2.08 bits per heavy atom. The Labute approximate surface area is 76.2 Å². The van der Waals surface area contributed by atoms with Crippen molar-refractivity contribution in [3.8, 4) is 0 Å². The quantitative estimate of drug-likeness (QED) is 0.611.